The maximum atomic E-state index is 12.1. The Morgan fingerprint density at radius 2 is 1.96 bits per heavy atom. The summed E-state index contributed by atoms with van der Waals surface area (Å²) in [6.45, 7) is 0.594. The van der Waals surface area contributed by atoms with Crippen molar-refractivity contribution >= 4 is 5.52 Å². The van der Waals surface area contributed by atoms with Gasteiger partial charge in [-0.3, -0.25) is 23.9 Å². The maximum Gasteiger partial charge on any atom is 0.274 e. The lowest BCUT2D eigenvalue weighted by Gasteiger charge is -2.04. The van der Waals surface area contributed by atoms with Gasteiger partial charge in [0, 0.05) is 17.8 Å². The fraction of sp³-hybridized carbons (Fsp3) is 0.118. The van der Waals surface area contributed by atoms with E-state index >= 15 is 0 Å². The van der Waals surface area contributed by atoms with Crippen molar-refractivity contribution in [3.8, 4) is 17.0 Å². The maximum absolute atomic E-state index is 12.1. The molecule has 0 atom stereocenters. The first-order chi connectivity index (χ1) is 12.1. The quantitative estimate of drug-likeness (QED) is 0.585. The Bertz CT molecular complexity index is 1150. The number of rotatable bonds is 4. The highest BCUT2D eigenvalue weighted by atomic mass is 16.5. The van der Waals surface area contributed by atoms with Gasteiger partial charge in [0.1, 0.15) is 11.3 Å². The SMILES string of the molecule is COc1ccc(Cn2cc(-c3cn4[nH]c(=O)cc4c(=O)[nH]3)cn2)cc1. The molecule has 3 aromatic heterocycles. The predicted octanol–water partition coefficient (Wildman–Crippen LogP) is 1.24. The Hall–Kier alpha value is -3.55. The van der Waals surface area contributed by atoms with Crippen LogP contribution in [0.5, 0.6) is 5.75 Å². The summed E-state index contributed by atoms with van der Waals surface area (Å²) in [6, 6.07) is 8.99. The van der Waals surface area contributed by atoms with E-state index in [1.807, 2.05) is 30.5 Å². The summed E-state index contributed by atoms with van der Waals surface area (Å²) >= 11 is 0. The topological polar surface area (TPSA) is 97.2 Å². The number of methoxy groups -OCH3 is 1. The van der Waals surface area contributed by atoms with Crippen LogP contribution in [0.1, 0.15) is 5.56 Å². The van der Waals surface area contributed by atoms with E-state index in [4.69, 9.17) is 4.74 Å². The summed E-state index contributed by atoms with van der Waals surface area (Å²) in [5.74, 6) is 0.802. The highest BCUT2D eigenvalue weighted by Gasteiger charge is 2.08. The summed E-state index contributed by atoms with van der Waals surface area (Å²) in [7, 11) is 1.63. The van der Waals surface area contributed by atoms with Gasteiger partial charge in [0.25, 0.3) is 11.1 Å². The second kappa shape index (κ2) is 5.82. The molecule has 0 unspecified atom stereocenters. The van der Waals surface area contributed by atoms with Crippen LogP contribution in [-0.4, -0.2) is 31.5 Å². The van der Waals surface area contributed by atoms with Crippen LogP contribution in [0.4, 0.5) is 0 Å². The van der Waals surface area contributed by atoms with Crippen LogP contribution < -0.4 is 15.9 Å². The Kier molecular flexibility index (Phi) is 3.50. The number of aromatic amines is 2. The van der Waals surface area contributed by atoms with Gasteiger partial charge in [0.15, 0.2) is 0 Å². The van der Waals surface area contributed by atoms with Gasteiger partial charge in [0.05, 0.1) is 31.7 Å². The Morgan fingerprint density at radius 3 is 2.72 bits per heavy atom. The van der Waals surface area contributed by atoms with E-state index in [-0.39, 0.29) is 16.6 Å². The summed E-state index contributed by atoms with van der Waals surface area (Å²) in [5.41, 5.74) is 2.03. The number of benzene rings is 1. The summed E-state index contributed by atoms with van der Waals surface area (Å²) in [6.07, 6.45) is 5.16. The van der Waals surface area contributed by atoms with E-state index < -0.39 is 0 Å². The number of aromatic nitrogens is 5. The molecule has 2 N–H and O–H groups in total. The highest BCUT2D eigenvalue weighted by molar-refractivity contribution is 5.58. The first kappa shape index (κ1) is 15.0. The van der Waals surface area contributed by atoms with Gasteiger partial charge in [-0.05, 0) is 17.7 Å². The first-order valence-electron chi connectivity index (χ1n) is 7.63. The second-order valence-electron chi connectivity index (χ2n) is 5.65. The molecule has 4 aromatic rings. The van der Waals surface area contributed by atoms with Gasteiger partial charge < -0.3 is 9.72 Å². The number of fused-ring (bicyclic) bond motifs is 1. The minimum atomic E-state index is -0.334. The molecule has 0 spiro atoms. The van der Waals surface area contributed by atoms with E-state index in [1.165, 1.54) is 10.6 Å². The molecule has 126 valence electrons. The molecule has 0 aliphatic rings. The van der Waals surface area contributed by atoms with Crippen molar-refractivity contribution in [2.45, 2.75) is 6.54 Å². The molecule has 0 saturated carbocycles. The third-order valence-corrected chi connectivity index (χ3v) is 3.94. The molecule has 0 aliphatic carbocycles. The smallest absolute Gasteiger partial charge is 0.274 e. The molecule has 8 nitrogen and oxygen atoms in total. The van der Waals surface area contributed by atoms with E-state index in [0.717, 1.165) is 16.9 Å². The molecule has 0 amide bonds. The van der Waals surface area contributed by atoms with Gasteiger partial charge >= 0.3 is 0 Å². The van der Waals surface area contributed by atoms with Crippen LogP contribution in [0.2, 0.25) is 0 Å². The normalized spacial score (nSPS) is 11.1. The number of nitrogens with zero attached hydrogens (tertiary/aromatic N) is 3. The molecule has 0 bridgehead atoms. The van der Waals surface area contributed by atoms with Gasteiger partial charge in [-0.1, -0.05) is 12.1 Å². The predicted molar refractivity (Wildman–Crippen MR) is 92.0 cm³/mol. The lowest BCUT2D eigenvalue weighted by Crippen LogP contribution is -2.10. The van der Waals surface area contributed by atoms with Crippen molar-refractivity contribution < 1.29 is 4.74 Å². The molecule has 0 aliphatic heterocycles. The Balaban J connectivity index is 1.64. The number of H-pyrrole nitrogens is 2. The molecular weight excluding hydrogens is 322 g/mol. The van der Waals surface area contributed by atoms with Crippen molar-refractivity contribution in [2.75, 3.05) is 7.11 Å². The minimum Gasteiger partial charge on any atom is -0.497 e. The van der Waals surface area contributed by atoms with E-state index in [2.05, 4.69) is 15.2 Å². The number of hydrogen-bond donors (Lipinski definition) is 2. The minimum absolute atomic E-state index is 0.277. The summed E-state index contributed by atoms with van der Waals surface area (Å²) in [5, 5.41) is 6.90. The van der Waals surface area contributed by atoms with Crippen LogP contribution in [0.25, 0.3) is 16.8 Å². The lowest BCUT2D eigenvalue weighted by molar-refractivity contribution is 0.414. The highest BCUT2D eigenvalue weighted by Crippen LogP contribution is 2.16. The van der Waals surface area contributed by atoms with E-state index in [1.54, 1.807) is 24.2 Å². The molecule has 3 heterocycles. The standard InChI is InChI=1S/C17H15N5O3/c1-25-13-4-2-11(3-5-13)8-21-9-12(7-18-21)14-10-22-15(17(24)19-14)6-16(23)20-22/h2-7,9-10H,8H2,1H3,(H,19,24)(H,20,23). The van der Waals surface area contributed by atoms with Crippen molar-refractivity contribution in [3.63, 3.8) is 0 Å². The molecular formula is C17H15N5O3. The van der Waals surface area contributed by atoms with Gasteiger partial charge in [-0.25, -0.2) is 0 Å². The summed E-state index contributed by atoms with van der Waals surface area (Å²) < 4.78 is 8.34. The van der Waals surface area contributed by atoms with Crippen LogP contribution in [0.15, 0.2) is 58.5 Å². The van der Waals surface area contributed by atoms with Crippen LogP contribution in [0, 0.1) is 0 Å². The van der Waals surface area contributed by atoms with Gasteiger partial charge in [0.2, 0.25) is 0 Å². The second-order valence-corrected chi connectivity index (χ2v) is 5.65. The van der Waals surface area contributed by atoms with Crippen LogP contribution >= 0.6 is 0 Å². The van der Waals surface area contributed by atoms with E-state index in [0.29, 0.717) is 12.2 Å². The van der Waals surface area contributed by atoms with Crippen molar-refractivity contribution in [1.29, 1.82) is 0 Å². The van der Waals surface area contributed by atoms with Gasteiger partial charge in [-0.15, -0.1) is 0 Å². The third-order valence-electron chi connectivity index (χ3n) is 3.94. The average molecular weight is 337 g/mol. The first-order valence-corrected chi connectivity index (χ1v) is 7.63. The Labute approximate surface area is 141 Å². The molecule has 0 radical (unpaired) electrons. The van der Waals surface area contributed by atoms with E-state index in [9.17, 15) is 9.59 Å². The zero-order valence-corrected chi connectivity index (χ0v) is 13.4. The molecule has 4 rings (SSSR count). The number of hydrogen-bond acceptors (Lipinski definition) is 4. The average Bonchev–Trinajstić information content (AvgIpc) is 3.22. The molecule has 8 heteroatoms. The monoisotopic (exact) mass is 337 g/mol. The van der Waals surface area contributed by atoms with Gasteiger partial charge in [-0.2, -0.15) is 5.10 Å². The van der Waals surface area contributed by atoms with Crippen molar-refractivity contribution in [2.24, 2.45) is 0 Å². The third kappa shape index (κ3) is 2.85. The fourth-order valence-corrected chi connectivity index (χ4v) is 2.68. The lowest BCUT2D eigenvalue weighted by atomic mass is 10.2. The van der Waals surface area contributed by atoms with Crippen molar-refractivity contribution in [1.82, 2.24) is 24.4 Å². The molecule has 0 fully saturated rings. The summed E-state index contributed by atoms with van der Waals surface area (Å²) in [4.78, 5) is 26.2. The van der Waals surface area contributed by atoms with Crippen molar-refractivity contribution in [3.05, 3.63) is 75.2 Å². The molecule has 25 heavy (non-hydrogen) atoms. The molecule has 0 saturated heterocycles. The zero-order valence-electron chi connectivity index (χ0n) is 13.4. The number of nitrogens with one attached hydrogen (secondary N) is 2. The zero-order chi connectivity index (χ0) is 17.4. The largest absolute Gasteiger partial charge is 0.497 e. The molecule has 1 aromatic carbocycles. The number of ether oxygens (including phenoxy) is 1. The van der Waals surface area contributed by atoms with Crippen LogP contribution in [0.3, 0.4) is 0 Å². The van der Waals surface area contributed by atoms with Crippen LogP contribution in [-0.2, 0) is 6.54 Å². The fourth-order valence-electron chi connectivity index (χ4n) is 2.68. The Morgan fingerprint density at radius 1 is 1.16 bits per heavy atom.